The summed E-state index contributed by atoms with van der Waals surface area (Å²) in [5, 5.41) is 9.18. The molecule has 2 atom stereocenters. The molecule has 2 saturated carbocycles. The zero-order valence-electron chi connectivity index (χ0n) is 13.6. The highest BCUT2D eigenvalue weighted by Gasteiger charge is 2.56. The van der Waals surface area contributed by atoms with Gasteiger partial charge in [-0.05, 0) is 31.1 Å². The van der Waals surface area contributed by atoms with Crippen LogP contribution in [0.15, 0.2) is 0 Å². The third-order valence-corrected chi connectivity index (χ3v) is 6.14. The number of nitrogens with zero attached hydrogens (tertiary/aromatic N) is 1. The highest BCUT2D eigenvalue weighted by Crippen LogP contribution is 2.50. The number of alkyl halides is 3. The first-order valence-electron chi connectivity index (χ1n) is 8.82. The first-order chi connectivity index (χ1) is 11.2. The molecule has 24 heavy (non-hydrogen) atoms. The lowest BCUT2D eigenvalue weighted by atomic mass is 9.79. The summed E-state index contributed by atoms with van der Waals surface area (Å²) in [6.45, 7) is 0.128. The number of hydrogen-bond donors (Lipinski definition) is 1. The van der Waals surface area contributed by atoms with Crippen molar-refractivity contribution in [2.24, 2.45) is 17.3 Å². The van der Waals surface area contributed by atoms with Gasteiger partial charge in [0.2, 0.25) is 5.91 Å². The van der Waals surface area contributed by atoms with Gasteiger partial charge >= 0.3 is 12.1 Å². The van der Waals surface area contributed by atoms with Crippen LogP contribution in [-0.4, -0.2) is 40.6 Å². The molecule has 0 aromatic rings. The minimum Gasteiger partial charge on any atom is -0.481 e. The molecule has 1 saturated heterocycles. The molecule has 0 spiro atoms. The fourth-order valence-electron chi connectivity index (χ4n) is 4.41. The number of carboxylic acids is 1. The number of hydrogen-bond acceptors (Lipinski definition) is 2. The van der Waals surface area contributed by atoms with Crippen LogP contribution in [0.5, 0.6) is 0 Å². The van der Waals surface area contributed by atoms with Crippen molar-refractivity contribution in [3.8, 4) is 0 Å². The van der Waals surface area contributed by atoms with Gasteiger partial charge in [0.1, 0.15) is 6.04 Å². The summed E-state index contributed by atoms with van der Waals surface area (Å²) in [6, 6.07) is -1.75. The number of rotatable bonds is 4. The second kappa shape index (κ2) is 6.23. The van der Waals surface area contributed by atoms with Crippen LogP contribution < -0.4 is 0 Å². The molecular weight excluding hydrogens is 323 g/mol. The Labute approximate surface area is 139 Å². The monoisotopic (exact) mass is 347 g/mol. The van der Waals surface area contributed by atoms with E-state index in [-0.39, 0.29) is 31.2 Å². The molecule has 1 amide bonds. The lowest BCUT2D eigenvalue weighted by molar-refractivity contribution is -0.183. The summed E-state index contributed by atoms with van der Waals surface area (Å²) < 4.78 is 40.2. The van der Waals surface area contributed by atoms with E-state index in [2.05, 4.69) is 0 Å². The van der Waals surface area contributed by atoms with E-state index in [1.807, 2.05) is 0 Å². The molecule has 3 rings (SSSR count). The first-order valence-corrected chi connectivity index (χ1v) is 8.82. The molecule has 1 aliphatic heterocycles. The highest BCUT2D eigenvalue weighted by molar-refractivity contribution is 5.87. The van der Waals surface area contributed by atoms with E-state index in [1.54, 1.807) is 0 Å². The van der Waals surface area contributed by atoms with Gasteiger partial charge < -0.3 is 10.0 Å². The Morgan fingerprint density at radius 3 is 2.21 bits per heavy atom. The number of carbonyl (C=O) groups is 2. The Bertz CT molecular complexity index is 510. The molecule has 1 N–H and O–H groups in total. The third kappa shape index (κ3) is 3.40. The number of halogens is 3. The molecule has 0 aromatic carbocycles. The van der Waals surface area contributed by atoms with Crippen LogP contribution in [-0.2, 0) is 9.59 Å². The summed E-state index contributed by atoms with van der Waals surface area (Å²) in [5.74, 6) is -1.56. The first kappa shape index (κ1) is 17.5. The van der Waals surface area contributed by atoms with Crippen molar-refractivity contribution in [2.75, 3.05) is 6.54 Å². The Morgan fingerprint density at radius 1 is 1.08 bits per heavy atom. The molecule has 2 aliphatic carbocycles. The van der Waals surface area contributed by atoms with Crippen LogP contribution in [0.4, 0.5) is 13.2 Å². The van der Waals surface area contributed by atoms with Crippen molar-refractivity contribution in [2.45, 2.75) is 70.0 Å². The van der Waals surface area contributed by atoms with E-state index in [0.29, 0.717) is 12.8 Å². The third-order valence-electron chi connectivity index (χ3n) is 6.14. The summed E-state index contributed by atoms with van der Waals surface area (Å²) in [6.07, 6.45) is 1.10. The molecular formula is C17H24F3NO3. The van der Waals surface area contributed by atoms with E-state index in [1.165, 1.54) is 0 Å². The number of aliphatic carboxylic acids is 1. The molecule has 4 nitrogen and oxygen atoms in total. The lowest BCUT2D eigenvalue weighted by Crippen LogP contribution is -2.45. The van der Waals surface area contributed by atoms with E-state index < -0.39 is 29.5 Å². The molecule has 3 aliphatic rings. The van der Waals surface area contributed by atoms with Gasteiger partial charge in [-0.25, -0.2) is 0 Å². The van der Waals surface area contributed by atoms with Gasteiger partial charge in [0.15, 0.2) is 0 Å². The Hall–Kier alpha value is -1.27. The van der Waals surface area contributed by atoms with Crippen molar-refractivity contribution in [1.82, 2.24) is 4.90 Å². The van der Waals surface area contributed by atoms with Crippen LogP contribution >= 0.6 is 0 Å². The molecule has 0 unspecified atom stereocenters. The van der Waals surface area contributed by atoms with E-state index in [0.717, 1.165) is 37.0 Å². The topological polar surface area (TPSA) is 57.6 Å². The Morgan fingerprint density at radius 2 is 1.71 bits per heavy atom. The normalized spacial score (nSPS) is 30.4. The van der Waals surface area contributed by atoms with Gasteiger partial charge in [-0.3, -0.25) is 9.59 Å². The van der Waals surface area contributed by atoms with Crippen LogP contribution in [0.3, 0.4) is 0 Å². The lowest BCUT2D eigenvalue weighted by Gasteiger charge is -2.28. The zero-order valence-corrected chi connectivity index (χ0v) is 13.6. The van der Waals surface area contributed by atoms with Crippen molar-refractivity contribution in [3.63, 3.8) is 0 Å². The quantitative estimate of drug-likeness (QED) is 0.845. The summed E-state index contributed by atoms with van der Waals surface area (Å²) >= 11 is 0. The average molecular weight is 347 g/mol. The molecule has 136 valence electrons. The largest absolute Gasteiger partial charge is 0.481 e. The number of amides is 1. The molecule has 0 aromatic heterocycles. The van der Waals surface area contributed by atoms with Gasteiger partial charge in [0.05, 0.1) is 5.41 Å². The maximum atomic E-state index is 13.4. The molecule has 1 heterocycles. The summed E-state index contributed by atoms with van der Waals surface area (Å²) in [5.41, 5.74) is -1.11. The van der Waals surface area contributed by atoms with Gasteiger partial charge in [-0.15, -0.1) is 0 Å². The van der Waals surface area contributed by atoms with E-state index in [4.69, 9.17) is 0 Å². The fraction of sp³-hybridized carbons (Fsp3) is 0.882. The predicted octanol–water partition coefficient (Wildman–Crippen LogP) is 3.60. The van der Waals surface area contributed by atoms with Crippen LogP contribution in [0.1, 0.15) is 57.8 Å². The SMILES string of the molecule is O=C(CC1(C(=O)O)CC1)N1C[C@H](C2CCCCC2)C[C@H]1C(F)(F)F. The van der Waals surface area contributed by atoms with Crippen molar-refractivity contribution in [3.05, 3.63) is 0 Å². The van der Waals surface area contributed by atoms with Gasteiger partial charge in [-0.1, -0.05) is 32.1 Å². The zero-order chi connectivity index (χ0) is 17.5. The van der Waals surface area contributed by atoms with Gasteiger partial charge in [0, 0.05) is 13.0 Å². The second-order valence-corrected chi connectivity index (χ2v) is 7.76. The van der Waals surface area contributed by atoms with Crippen LogP contribution in [0.25, 0.3) is 0 Å². The van der Waals surface area contributed by atoms with Crippen LogP contribution in [0.2, 0.25) is 0 Å². The molecule has 3 fully saturated rings. The maximum absolute atomic E-state index is 13.4. The molecule has 0 bridgehead atoms. The maximum Gasteiger partial charge on any atom is 0.408 e. The Kier molecular flexibility index (Phi) is 4.55. The van der Waals surface area contributed by atoms with Gasteiger partial charge in [-0.2, -0.15) is 13.2 Å². The molecule has 7 heteroatoms. The summed E-state index contributed by atoms with van der Waals surface area (Å²) in [7, 11) is 0. The fourth-order valence-corrected chi connectivity index (χ4v) is 4.41. The van der Waals surface area contributed by atoms with Crippen LogP contribution in [0, 0.1) is 17.3 Å². The van der Waals surface area contributed by atoms with Gasteiger partial charge in [0.25, 0.3) is 0 Å². The number of carboxylic acid groups (broad SMARTS) is 1. The minimum absolute atomic E-state index is 0.0278. The molecule has 0 radical (unpaired) electrons. The smallest absolute Gasteiger partial charge is 0.408 e. The van der Waals surface area contributed by atoms with Crippen molar-refractivity contribution in [1.29, 1.82) is 0 Å². The highest BCUT2D eigenvalue weighted by atomic mass is 19.4. The summed E-state index contributed by atoms with van der Waals surface area (Å²) in [4.78, 5) is 24.6. The van der Waals surface area contributed by atoms with E-state index in [9.17, 15) is 27.9 Å². The standard InChI is InChI=1S/C17H24F3NO3/c18-17(19,20)13-8-12(11-4-2-1-3-5-11)10-21(13)14(22)9-16(6-7-16)15(23)24/h11-13H,1-10H2,(H,23,24)/t12-,13+/m1/s1. The Balaban J connectivity index is 1.71. The predicted molar refractivity (Wildman–Crippen MR) is 80.2 cm³/mol. The minimum atomic E-state index is -4.45. The number of likely N-dealkylation sites (tertiary alicyclic amines) is 1. The average Bonchev–Trinajstić information content (AvgIpc) is 3.15. The number of carbonyl (C=O) groups excluding carboxylic acids is 1. The van der Waals surface area contributed by atoms with Crippen molar-refractivity contribution >= 4 is 11.9 Å². The second-order valence-electron chi connectivity index (χ2n) is 7.76. The van der Waals surface area contributed by atoms with Crippen molar-refractivity contribution < 1.29 is 27.9 Å². The van der Waals surface area contributed by atoms with E-state index >= 15 is 0 Å².